The second kappa shape index (κ2) is 4.68. The molecule has 0 radical (unpaired) electrons. The van der Waals surface area contributed by atoms with E-state index in [1.54, 1.807) is 24.4 Å². The Bertz CT molecular complexity index is 587. The summed E-state index contributed by atoms with van der Waals surface area (Å²) in [5.41, 5.74) is 1.83. The number of hydrogen-bond donors (Lipinski definition) is 0. The minimum absolute atomic E-state index is 0.0551. The molecule has 96 valence electrons. The van der Waals surface area contributed by atoms with Gasteiger partial charge in [-0.25, -0.2) is 0 Å². The summed E-state index contributed by atoms with van der Waals surface area (Å²) in [4.78, 5) is 13.8. The van der Waals surface area contributed by atoms with Crippen LogP contribution >= 0.6 is 0 Å². The highest BCUT2D eigenvalue weighted by Gasteiger charge is 2.27. The highest BCUT2D eigenvalue weighted by molar-refractivity contribution is 6.03. The standard InChI is InChI=1S/C14H13N3O2/c1-19-13-4-2-12(3-5-13)17-9-11-8-16-15-7-10(11)6-14(17)18/h2-5,7-10H,6H2,1H3. The van der Waals surface area contributed by atoms with Crippen molar-refractivity contribution >= 4 is 24.0 Å². The maximum absolute atomic E-state index is 12.1. The lowest BCUT2D eigenvalue weighted by Gasteiger charge is -2.28. The van der Waals surface area contributed by atoms with Gasteiger partial charge in [0.15, 0.2) is 0 Å². The van der Waals surface area contributed by atoms with Gasteiger partial charge in [-0.05, 0) is 29.8 Å². The van der Waals surface area contributed by atoms with Gasteiger partial charge in [-0.2, -0.15) is 10.2 Å². The molecule has 0 fully saturated rings. The molecule has 0 aromatic heterocycles. The molecule has 3 rings (SSSR count). The van der Waals surface area contributed by atoms with E-state index in [1.165, 1.54) is 0 Å². The zero-order valence-corrected chi connectivity index (χ0v) is 10.5. The first-order chi connectivity index (χ1) is 9.28. The molecule has 2 heterocycles. The number of allylic oxidation sites excluding steroid dienone is 1. The van der Waals surface area contributed by atoms with E-state index in [2.05, 4.69) is 10.2 Å². The van der Waals surface area contributed by atoms with Crippen molar-refractivity contribution in [3.05, 3.63) is 36.0 Å². The van der Waals surface area contributed by atoms with Crippen molar-refractivity contribution in [1.29, 1.82) is 0 Å². The van der Waals surface area contributed by atoms with E-state index in [0.717, 1.165) is 17.0 Å². The van der Waals surface area contributed by atoms with E-state index in [0.29, 0.717) is 6.42 Å². The van der Waals surface area contributed by atoms with Gasteiger partial charge >= 0.3 is 0 Å². The van der Waals surface area contributed by atoms with Crippen LogP contribution in [0.4, 0.5) is 5.69 Å². The molecule has 5 heteroatoms. The minimum Gasteiger partial charge on any atom is -0.497 e. The molecule has 0 saturated heterocycles. The van der Waals surface area contributed by atoms with E-state index in [-0.39, 0.29) is 11.8 Å². The largest absolute Gasteiger partial charge is 0.497 e. The maximum Gasteiger partial charge on any atom is 0.232 e. The molecule has 5 nitrogen and oxygen atoms in total. The smallest absolute Gasteiger partial charge is 0.232 e. The van der Waals surface area contributed by atoms with Gasteiger partial charge in [0.05, 0.1) is 13.3 Å². The Balaban J connectivity index is 1.93. The van der Waals surface area contributed by atoms with Crippen molar-refractivity contribution in [2.75, 3.05) is 12.0 Å². The predicted octanol–water partition coefficient (Wildman–Crippen LogP) is 2.00. The summed E-state index contributed by atoms with van der Waals surface area (Å²) in [7, 11) is 1.62. The molecule has 2 aliphatic heterocycles. The number of methoxy groups -OCH3 is 1. The zero-order valence-electron chi connectivity index (χ0n) is 10.5. The van der Waals surface area contributed by atoms with Gasteiger partial charge in [-0.15, -0.1) is 0 Å². The average molecular weight is 255 g/mol. The molecule has 1 aromatic rings. The lowest BCUT2D eigenvalue weighted by atomic mass is 9.93. The highest BCUT2D eigenvalue weighted by atomic mass is 16.5. The first-order valence-corrected chi connectivity index (χ1v) is 6.02. The number of rotatable bonds is 2. The maximum atomic E-state index is 12.1. The zero-order chi connectivity index (χ0) is 13.2. The van der Waals surface area contributed by atoms with Gasteiger partial charge < -0.3 is 4.74 Å². The average Bonchev–Trinajstić information content (AvgIpc) is 2.47. The number of anilines is 1. The fourth-order valence-electron chi connectivity index (χ4n) is 2.17. The van der Waals surface area contributed by atoms with Gasteiger partial charge in [0, 0.05) is 30.4 Å². The number of carbonyl (C=O) groups excluding carboxylic acids is 1. The third kappa shape index (κ3) is 2.14. The second-order valence-electron chi connectivity index (χ2n) is 4.41. The van der Waals surface area contributed by atoms with Gasteiger partial charge in [0.25, 0.3) is 0 Å². The van der Waals surface area contributed by atoms with Crippen molar-refractivity contribution in [2.24, 2.45) is 16.1 Å². The van der Waals surface area contributed by atoms with Gasteiger partial charge in [0.2, 0.25) is 5.91 Å². The van der Waals surface area contributed by atoms with E-state index >= 15 is 0 Å². The molecule has 0 N–H and O–H groups in total. The molecular formula is C14H13N3O2. The molecule has 0 bridgehead atoms. The van der Waals surface area contributed by atoms with Crippen molar-refractivity contribution in [2.45, 2.75) is 6.42 Å². The lowest BCUT2D eigenvalue weighted by Crippen LogP contribution is -2.34. The number of amides is 1. The number of ether oxygens (including phenoxy) is 1. The molecule has 1 unspecified atom stereocenters. The van der Waals surface area contributed by atoms with E-state index in [1.807, 2.05) is 30.5 Å². The normalized spacial score (nSPS) is 21.1. The fraction of sp³-hybridized carbons (Fsp3) is 0.214. The predicted molar refractivity (Wildman–Crippen MR) is 73.7 cm³/mol. The summed E-state index contributed by atoms with van der Waals surface area (Å²) >= 11 is 0. The highest BCUT2D eigenvalue weighted by Crippen LogP contribution is 2.28. The molecule has 1 aromatic carbocycles. The monoisotopic (exact) mass is 255 g/mol. The van der Waals surface area contributed by atoms with Gasteiger partial charge in [-0.1, -0.05) is 0 Å². The molecule has 0 saturated carbocycles. The summed E-state index contributed by atoms with van der Waals surface area (Å²) in [5.74, 6) is 0.880. The van der Waals surface area contributed by atoms with Crippen LogP contribution in [0, 0.1) is 5.92 Å². The number of benzene rings is 1. The Hall–Kier alpha value is -2.43. The van der Waals surface area contributed by atoms with Crippen molar-refractivity contribution in [3.63, 3.8) is 0 Å². The Kier molecular flexibility index (Phi) is 2.87. The lowest BCUT2D eigenvalue weighted by molar-refractivity contribution is -0.118. The number of carbonyl (C=O) groups is 1. The van der Waals surface area contributed by atoms with Crippen LogP contribution in [-0.2, 0) is 4.79 Å². The summed E-state index contributed by atoms with van der Waals surface area (Å²) in [6, 6.07) is 7.40. The van der Waals surface area contributed by atoms with Crippen LogP contribution in [0.2, 0.25) is 0 Å². The van der Waals surface area contributed by atoms with Crippen LogP contribution in [-0.4, -0.2) is 25.4 Å². The summed E-state index contributed by atoms with van der Waals surface area (Å²) in [5, 5.41) is 7.69. The molecule has 1 amide bonds. The molecular weight excluding hydrogens is 242 g/mol. The number of fused-ring (bicyclic) bond motifs is 1. The fourth-order valence-corrected chi connectivity index (χ4v) is 2.17. The van der Waals surface area contributed by atoms with Crippen molar-refractivity contribution in [3.8, 4) is 5.75 Å². The summed E-state index contributed by atoms with van der Waals surface area (Å²) < 4.78 is 5.11. The first kappa shape index (κ1) is 11.6. The molecule has 1 atom stereocenters. The molecule has 0 spiro atoms. The third-order valence-corrected chi connectivity index (χ3v) is 3.24. The van der Waals surface area contributed by atoms with Gasteiger partial charge in [-0.3, -0.25) is 9.69 Å². The summed E-state index contributed by atoms with van der Waals surface area (Å²) in [6.07, 6.45) is 5.67. The van der Waals surface area contributed by atoms with Crippen LogP contribution < -0.4 is 9.64 Å². The minimum atomic E-state index is 0.0551. The van der Waals surface area contributed by atoms with Crippen molar-refractivity contribution in [1.82, 2.24) is 0 Å². The van der Waals surface area contributed by atoms with Crippen LogP contribution in [0.15, 0.2) is 46.2 Å². The topological polar surface area (TPSA) is 54.3 Å². The first-order valence-electron chi connectivity index (χ1n) is 6.02. The van der Waals surface area contributed by atoms with Crippen LogP contribution in [0.3, 0.4) is 0 Å². The van der Waals surface area contributed by atoms with Crippen LogP contribution in [0.25, 0.3) is 0 Å². The van der Waals surface area contributed by atoms with Crippen LogP contribution in [0.5, 0.6) is 5.75 Å². The quantitative estimate of drug-likeness (QED) is 0.811. The summed E-state index contributed by atoms with van der Waals surface area (Å²) in [6.45, 7) is 0. The van der Waals surface area contributed by atoms with Crippen LogP contribution in [0.1, 0.15) is 6.42 Å². The van der Waals surface area contributed by atoms with Crippen molar-refractivity contribution < 1.29 is 9.53 Å². The molecule has 2 aliphatic rings. The van der Waals surface area contributed by atoms with Gasteiger partial charge in [0.1, 0.15) is 5.75 Å². The number of hydrogen-bond acceptors (Lipinski definition) is 4. The Morgan fingerprint density at radius 2 is 2.05 bits per heavy atom. The Labute approximate surface area is 110 Å². The third-order valence-electron chi connectivity index (χ3n) is 3.24. The van der Waals surface area contributed by atoms with E-state index in [9.17, 15) is 4.79 Å². The Morgan fingerprint density at radius 3 is 2.79 bits per heavy atom. The molecule has 0 aliphatic carbocycles. The Morgan fingerprint density at radius 1 is 1.26 bits per heavy atom. The second-order valence-corrected chi connectivity index (χ2v) is 4.41. The molecule has 19 heavy (non-hydrogen) atoms. The SMILES string of the molecule is COc1ccc(N2C=C3C=NN=CC3CC2=O)cc1. The number of nitrogens with zero attached hydrogens (tertiary/aromatic N) is 3. The van der Waals surface area contributed by atoms with E-state index < -0.39 is 0 Å². The van der Waals surface area contributed by atoms with E-state index in [4.69, 9.17) is 4.74 Å².